The Morgan fingerprint density at radius 3 is 2.38 bits per heavy atom. The van der Waals surface area contributed by atoms with Gasteiger partial charge in [0.05, 0.1) is 23.2 Å². The van der Waals surface area contributed by atoms with Crippen molar-refractivity contribution in [2.75, 3.05) is 15.9 Å². The van der Waals surface area contributed by atoms with E-state index in [1.165, 1.54) is 22.5 Å². The van der Waals surface area contributed by atoms with Crippen molar-refractivity contribution < 1.29 is 17.6 Å². The van der Waals surface area contributed by atoms with Crippen molar-refractivity contribution in [1.29, 1.82) is 0 Å². The SMILES string of the molecule is CS(=O)(=O)N(c1ccccc1NC(=O)c1ccccc1F)C1CC1. The highest BCUT2D eigenvalue weighted by Gasteiger charge is 2.36. The second-order valence-electron chi connectivity index (χ2n) is 5.74. The molecule has 0 spiro atoms. The molecule has 2 aromatic carbocycles. The number of hydrogen-bond acceptors (Lipinski definition) is 3. The fourth-order valence-corrected chi connectivity index (χ4v) is 3.83. The zero-order valence-corrected chi connectivity index (χ0v) is 13.9. The molecule has 1 aliphatic carbocycles. The summed E-state index contributed by atoms with van der Waals surface area (Å²) in [5.74, 6) is -1.25. The number of carbonyl (C=O) groups excluding carboxylic acids is 1. The topological polar surface area (TPSA) is 66.5 Å². The summed E-state index contributed by atoms with van der Waals surface area (Å²) < 4.78 is 39.3. The van der Waals surface area contributed by atoms with Gasteiger partial charge in [-0.1, -0.05) is 24.3 Å². The normalized spacial score (nSPS) is 14.2. The monoisotopic (exact) mass is 348 g/mol. The van der Waals surface area contributed by atoms with E-state index in [1.807, 2.05) is 0 Å². The van der Waals surface area contributed by atoms with E-state index in [2.05, 4.69) is 5.32 Å². The van der Waals surface area contributed by atoms with Gasteiger partial charge < -0.3 is 5.32 Å². The Labute approximate surface area is 140 Å². The average molecular weight is 348 g/mol. The summed E-state index contributed by atoms with van der Waals surface area (Å²) in [7, 11) is -3.48. The van der Waals surface area contributed by atoms with Gasteiger partial charge >= 0.3 is 0 Å². The number of nitrogens with one attached hydrogen (secondary N) is 1. The number of hydrogen-bond donors (Lipinski definition) is 1. The molecule has 1 amide bonds. The molecule has 0 atom stereocenters. The molecule has 1 aliphatic rings. The summed E-state index contributed by atoms with van der Waals surface area (Å²) in [6.07, 6.45) is 2.70. The molecule has 0 heterocycles. The van der Waals surface area contributed by atoms with Crippen LogP contribution in [-0.2, 0) is 10.0 Å². The Morgan fingerprint density at radius 2 is 1.75 bits per heavy atom. The minimum Gasteiger partial charge on any atom is -0.320 e. The molecule has 5 nitrogen and oxygen atoms in total. The Hall–Kier alpha value is -2.41. The molecule has 126 valence electrons. The van der Waals surface area contributed by atoms with Crippen LogP contribution in [0.1, 0.15) is 23.2 Å². The molecule has 7 heteroatoms. The molecule has 0 radical (unpaired) electrons. The molecule has 0 bridgehead atoms. The molecule has 0 aliphatic heterocycles. The third kappa shape index (κ3) is 3.41. The fraction of sp³-hybridized carbons (Fsp3) is 0.235. The predicted molar refractivity (Wildman–Crippen MR) is 91.1 cm³/mol. The summed E-state index contributed by atoms with van der Waals surface area (Å²) in [5, 5.41) is 2.62. The number of halogens is 1. The van der Waals surface area contributed by atoms with E-state index in [0.29, 0.717) is 11.4 Å². The highest BCUT2D eigenvalue weighted by Crippen LogP contribution is 2.37. The van der Waals surface area contributed by atoms with E-state index in [-0.39, 0.29) is 11.6 Å². The van der Waals surface area contributed by atoms with Crippen LogP contribution >= 0.6 is 0 Å². The van der Waals surface area contributed by atoms with E-state index in [1.54, 1.807) is 30.3 Å². The van der Waals surface area contributed by atoms with Crippen LogP contribution in [0.15, 0.2) is 48.5 Å². The van der Waals surface area contributed by atoms with Crippen LogP contribution in [0.4, 0.5) is 15.8 Å². The van der Waals surface area contributed by atoms with Crippen molar-refractivity contribution in [3.8, 4) is 0 Å². The van der Waals surface area contributed by atoms with E-state index in [4.69, 9.17) is 0 Å². The number of benzene rings is 2. The molecule has 1 fully saturated rings. The number of amides is 1. The third-order valence-corrected chi connectivity index (χ3v) is 4.95. The van der Waals surface area contributed by atoms with Crippen LogP contribution in [-0.4, -0.2) is 26.6 Å². The maximum absolute atomic E-state index is 13.8. The maximum atomic E-state index is 13.8. The lowest BCUT2D eigenvalue weighted by atomic mass is 10.2. The van der Waals surface area contributed by atoms with Gasteiger partial charge in [-0.3, -0.25) is 9.10 Å². The zero-order chi connectivity index (χ0) is 17.3. The lowest BCUT2D eigenvalue weighted by Gasteiger charge is -2.24. The van der Waals surface area contributed by atoms with Crippen LogP contribution < -0.4 is 9.62 Å². The first-order valence-corrected chi connectivity index (χ1v) is 9.37. The van der Waals surface area contributed by atoms with Crippen molar-refractivity contribution in [3.63, 3.8) is 0 Å². The van der Waals surface area contributed by atoms with Crippen LogP contribution in [0, 0.1) is 5.82 Å². The zero-order valence-electron chi connectivity index (χ0n) is 13.1. The average Bonchev–Trinajstić information content (AvgIpc) is 3.33. The third-order valence-electron chi connectivity index (χ3n) is 3.74. The van der Waals surface area contributed by atoms with Crippen molar-refractivity contribution >= 4 is 27.3 Å². The van der Waals surface area contributed by atoms with Gasteiger partial charge in [0.2, 0.25) is 10.0 Å². The number of para-hydroxylation sites is 2. The van der Waals surface area contributed by atoms with E-state index < -0.39 is 21.7 Å². The highest BCUT2D eigenvalue weighted by atomic mass is 32.2. The largest absolute Gasteiger partial charge is 0.320 e. The molecule has 0 unspecified atom stereocenters. The Balaban J connectivity index is 1.95. The number of rotatable bonds is 5. The molecule has 1 saturated carbocycles. The van der Waals surface area contributed by atoms with Gasteiger partial charge in [0, 0.05) is 6.04 Å². The minimum absolute atomic E-state index is 0.0912. The van der Waals surface area contributed by atoms with Gasteiger partial charge in [-0.2, -0.15) is 0 Å². The van der Waals surface area contributed by atoms with Gasteiger partial charge in [-0.05, 0) is 37.1 Å². The molecule has 3 rings (SSSR count). The van der Waals surface area contributed by atoms with E-state index in [0.717, 1.165) is 19.1 Å². The smallest absolute Gasteiger partial charge is 0.258 e. The number of nitrogens with zero attached hydrogens (tertiary/aromatic N) is 1. The molecular weight excluding hydrogens is 331 g/mol. The van der Waals surface area contributed by atoms with Crippen LogP contribution in [0.3, 0.4) is 0 Å². The Morgan fingerprint density at radius 1 is 1.12 bits per heavy atom. The molecule has 2 aromatic rings. The number of anilines is 2. The number of sulfonamides is 1. The lowest BCUT2D eigenvalue weighted by molar-refractivity contribution is 0.102. The highest BCUT2D eigenvalue weighted by molar-refractivity contribution is 7.92. The summed E-state index contributed by atoms with van der Waals surface area (Å²) >= 11 is 0. The first-order valence-electron chi connectivity index (χ1n) is 7.52. The molecule has 1 N–H and O–H groups in total. The summed E-state index contributed by atoms with van der Waals surface area (Å²) in [6.45, 7) is 0. The Bertz CT molecular complexity index is 879. The van der Waals surface area contributed by atoms with Gasteiger partial charge in [-0.15, -0.1) is 0 Å². The van der Waals surface area contributed by atoms with Crippen LogP contribution in [0.5, 0.6) is 0 Å². The molecule has 0 aromatic heterocycles. The van der Waals surface area contributed by atoms with Crippen molar-refractivity contribution in [1.82, 2.24) is 0 Å². The molecular formula is C17H17FN2O3S. The predicted octanol–water partition coefficient (Wildman–Crippen LogP) is 3.01. The first kappa shape index (κ1) is 16.4. The summed E-state index contributed by atoms with van der Waals surface area (Å²) in [4.78, 5) is 12.3. The lowest BCUT2D eigenvalue weighted by Crippen LogP contribution is -2.33. The van der Waals surface area contributed by atoms with Crippen molar-refractivity contribution in [3.05, 3.63) is 59.9 Å². The van der Waals surface area contributed by atoms with Gasteiger partial charge in [0.15, 0.2) is 0 Å². The maximum Gasteiger partial charge on any atom is 0.258 e. The first-order chi connectivity index (χ1) is 11.4. The summed E-state index contributed by atoms with van der Waals surface area (Å²) in [5.41, 5.74) is 0.639. The van der Waals surface area contributed by atoms with Crippen LogP contribution in [0.2, 0.25) is 0 Å². The minimum atomic E-state index is -3.48. The van der Waals surface area contributed by atoms with Gasteiger partial charge in [0.1, 0.15) is 5.82 Å². The quantitative estimate of drug-likeness (QED) is 0.903. The Kier molecular flexibility index (Phi) is 4.28. The van der Waals surface area contributed by atoms with E-state index >= 15 is 0 Å². The van der Waals surface area contributed by atoms with Crippen molar-refractivity contribution in [2.45, 2.75) is 18.9 Å². The standard InChI is InChI=1S/C17H17FN2O3S/c1-24(22,23)20(12-10-11-12)16-9-5-4-8-15(16)19-17(21)13-6-2-3-7-14(13)18/h2-9,12H,10-11H2,1H3,(H,19,21). The van der Waals surface area contributed by atoms with Crippen molar-refractivity contribution in [2.24, 2.45) is 0 Å². The summed E-state index contributed by atoms with van der Waals surface area (Å²) in [6, 6.07) is 12.2. The fourth-order valence-electron chi connectivity index (χ4n) is 2.56. The second kappa shape index (κ2) is 6.24. The van der Waals surface area contributed by atoms with E-state index in [9.17, 15) is 17.6 Å². The van der Waals surface area contributed by atoms with Gasteiger partial charge in [-0.25, -0.2) is 12.8 Å². The second-order valence-corrected chi connectivity index (χ2v) is 7.60. The van der Waals surface area contributed by atoms with Crippen LogP contribution in [0.25, 0.3) is 0 Å². The number of carbonyl (C=O) groups is 1. The van der Waals surface area contributed by atoms with Gasteiger partial charge in [0.25, 0.3) is 5.91 Å². The molecule has 24 heavy (non-hydrogen) atoms. The molecule has 0 saturated heterocycles.